The zero-order valence-corrected chi connectivity index (χ0v) is 15.8. The van der Waals surface area contributed by atoms with Crippen LogP contribution in [-0.4, -0.2) is 28.0 Å². The molecule has 134 valence electrons. The molecule has 0 saturated heterocycles. The third-order valence-corrected chi connectivity index (χ3v) is 5.12. The highest BCUT2D eigenvalue weighted by Gasteiger charge is 2.03. The topological polar surface area (TPSA) is 46.9 Å². The van der Waals surface area contributed by atoms with E-state index in [1.807, 2.05) is 53.3 Å². The van der Waals surface area contributed by atoms with Crippen LogP contribution in [-0.2, 0) is 11.2 Å². The molecule has 4 nitrogen and oxygen atoms in total. The van der Waals surface area contributed by atoms with Crippen LogP contribution in [0.5, 0.6) is 0 Å². The van der Waals surface area contributed by atoms with Crippen molar-refractivity contribution >= 4 is 29.3 Å². The molecule has 0 bridgehead atoms. The molecule has 1 N–H and O–H groups in total. The van der Waals surface area contributed by atoms with E-state index in [2.05, 4.69) is 22.5 Å². The van der Waals surface area contributed by atoms with Crippen LogP contribution in [0.3, 0.4) is 0 Å². The highest BCUT2D eigenvalue weighted by Crippen LogP contribution is 2.20. The summed E-state index contributed by atoms with van der Waals surface area (Å²) in [5.74, 6) is 0.839. The van der Waals surface area contributed by atoms with Gasteiger partial charge in [0.25, 0.3) is 0 Å². The summed E-state index contributed by atoms with van der Waals surface area (Å²) in [6.07, 6.45) is 4.99. The number of halogens is 1. The van der Waals surface area contributed by atoms with Crippen molar-refractivity contribution in [3.05, 3.63) is 77.6 Å². The Kier molecular flexibility index (Phi) is 6.75. The van der Waals surface area contributed by atoms with Crippen LogP contribution in [0.4, 0.5) is 0 Å². The van der Waals surface area contributed by atoms with Crippen molar-refractivity contribution < 1.29 is 4.79 Å². The average molecular weight is 386 g/mol. The molecule has 2 aromatic carbocycles. The first-order chi connectivity index (χ1) is 12.7. The van der Waals surface area contributed by atoms with Crippen molar-refractivity contribution in [1.29, 1.82) is 0 Å². The number of carbonyl (C=O) groups excluding carboxylic acids is 1. The molecular formula is C20H20ClN3OS. The van der Waals surface area contributed by atoms with Gasteiger partial charge in [-0.05, 0) is 54.4 Å². The van der Waals surface area contributed by atoms with Crippen LogP contribution < -0.4 is 5.32 Å². The Labute approximate surface area is 162 Å². The third kappa shape index (κ3) is 5.64. The SMILES string of the molecule is O=C(CCSc1ccc(Cl)cc1)NCCc1ccc(-n2cccn2)cc1. The highest BCUT2D eigenvalue weighted by atomic mass is 35.5. The number of amides is 1. The van der Waals surface area contributed by atoms with Gasteiger partial charge < -0.3 is 5.32 Å². The number of carbonyl (C=O) groups is 1. The summed E-state index contributed by atoms with van der Waals surface area (Å²) >= 11 is 7.52. The molecule has 26 heavy (non-hydrogen) atoms. The fourth-order valence-electron chi connectivity index (χ4n) is 2.46. The second-order valence-electron chi connectivity index (χ2n) is 5.77. The van der Waals surface area contributed by atoms with Crippen LogP contribution >= 0.6 is 23.4 Å². The number of benzene rings is 2. The van der Waals surface area contributed by atoms with Crippen LogP contribution in [0, 0.1) is 0 Å². The van der Waals surface area contributed by atoms with E-state index in [9.17, 15) is 4.79 Å². The lowest BCUT2D eigenvalue weighted by Gasteiger charge is -2.07. The number of thioether (sulfide) groups is 1. The van der Waals surface area contributed by atoms with Gasteiger partial charge in [-0.2, -0.15) is 5.10 Å². The van der Waals surface area contributed by atoms with Gasteiger partial charge in [-0.3, -0.25) is 4.79 Å². The summed E-state index contributed by atoms with van der Waals surface area (Å²) in [5.41, 5.74) is 2.22. The first-order valence-corrected chi connectivity index (χ1v) is 9.81. The normalized spacial score (nSPS) is 10.7. The van der Waals surface area contributed by atoms with Crippen LogP contribution in [0.15, 0.2) is 71.9 Å². The van der Waals surface area contributed by atoms with E-state index in [1.54, 1.807) is 18.0 Å². The maximum absolute atomic E-state index is 11.9. The maximum Gasteiger partial charge on any atom is 0.220 e. The van der Waals surface area contributed by atoms with E-state index in [4.69, 9.17) is 11.6 Å². The fraction of sp³-hybridized carbons (Fsp3) is 0.200. The van der Waals surface area contributed by atoms with Gasteiger partial charge in [-0.1, -0.05) is 23.7 Å². The molecule has 0 spiro atoms. The number of hydrogen-bond acceptors (Lipinski definition) is 3. The van der Waals surface area contributed by atoms with Gasteiger partial charge in [-0.15, -0.1) is 11.8 Å². The second kappa shape index (κ2) is 9.46. The van der Waals surface area contributed by atoms with Crippen molar-refractivity contribution in [2.45, 2.75) is 17.7 Å². The molecule has 3 rings (SSSR count). The number of rotatable bonds is 8. The molecule has 1 heterocycles. The minimum atomic E-state index is 0.0830. The van der Waals surface area contributed by atoms with Crippen LogP contribution in [0.1, 0.15) is 12.0 Å². The molecule has 0 atom stereocenters. The Hall–Kier alpha value is -2.24. The Morgan fingerprint density at radius 3 is 2.58 bits per heavy atom. The lowest BCUT2D eigenvalue weighted by atomic mass is 10.1. The number of nitrogens with zero attached hydrogens (tertiary/aromatic N) is 2. The lowest BCUT2D eigenvalue weighted by molar-refractivity contribution is -0.120. The summed E-state index contributed by atoms with van der Waals surface area (Å²) < 4.78 is 1.82. The van der Waals surface area contributed by atoms with E-state index < -0.39 is 0 Å². The summed E-state index contributed by atoms with van der Waals surface area (Å²) in [4.78, 5) is 13.1. The van der Waals surface area contributed by atoms with Crippen LogP contribution in [0.25, 0.3) is 5.69 Å². The van der Waals surface area contributed by atoms with Gasteiger partial charge in [0.2, 0.25) is 5.91 Å². The standard InChI is InChI=1S/C20H20ClN3OS/c21-17-4-8-19(9-5-17)26-15-11-20(25)22-13-10-16-2-6-18(7-3-16)24-14-1-12-23-24/h1-9,12,14H,10-11,13,15H2,(H,22,25). The van der Waals surface area contributed by atoms with Gasteiger partial charge >= 0.3 is 0 Å². The van der Waals surface area contributed by atoms with Crippen molar-refractivity contribution in [2.75, 3.05) is 12.3 Å². The van der Waals surface area contributed by atoms with E-state index in [0.717, 1.165) is 27.8 Å². The second-order valence-corrected chi connectivity index (χ2v) is 7.37. The van der Waals surface area contributed by atoms with Gasteiger partial charge in [0.15, 0.2) is 0 Å². The first-order valence-electron chi connectivity index (χ1n) is 8.45. The molecule has 0 aliphatic rings. The summed E-state index contributed by atoms with van der Waals surface area (Å²) in [6.45, 7) is 0.644. The van der Waals surface area contributed by atoms with Crippen molar-refractivity contribution in [3.63, 3.8) is 0 Å². The molecule has 0 unspecified atom stereocenters. The molecule has 0 fully saturated rings. The van der Waals surface area contributed by atoms with Crippen LogP contribution in [0.2, 0.25) is 5.02 Å². The van der Waals surface area contributed by atoms with E-state index in [0.29, 0.717) is 13.0 Å². The highest BCUT2D eigenvalue weighted by molar-refractivity contribution is 7.99. The molecule has 1 aromatic heterocycles. The van der Waals surface area contributed by atoms with E-state index in [-0.39, 0.29) is 5.91 Å². The van der Waals surface area contributed by atoms with Crippen molar-refractivity contribution in [3.8, 4) is 5.69 Å². The molecule has 6 heteroatoms. The smallest absolute Gasteiger partial charge is 0.220 e. The quantitative estimate of drug-likeness (QED) is 0.586. The predicted molar refractivity (Wildman–Crippen MR) is 107 cm³/mol. The lowest BCUT2D eigenvalue weighted by Crippen LogP contribution is -2.25. The Bertz CT molecular complexity index is 817. The summed E-state index contributed by atoms with van der Waals surface area (Å²) in [7, 11) is 0. The van der Waals surface area contributed by atoms with Gasteiger partial charge in [-0.25, -0.2) is 4.68 Å². The van der Waals surface area contributed by atoms with Gasteiger partial charge in [0.05, 0.1) is 5.69 Å². The zero-order valence-electron chi connectivity index (χ0n) is 14.3. The Morgan fingerprint density at radius 2 is 1.88 bits per heavy atom. The molecule has 1 amide bonds. The van der Waals surface area contributed by atoms with E-state index in [1.165, 1.54) is 5.56 Å². The van der Waals surface area contributed by atoms with Crippen molar-refractivity contribution in [1.82, 2.24) is 15.1 Å². The molecule has 0 saturated carbocycles. The fourth-order valence-corrected chi connectivity index (χ4v) is 3.44. The number of nitrogens with one attached hydrogen (secondary N) is 1. The Morgan fingerprint density at radius 1 is 1.12 bits per heavy atom. The monoisotopic (exact) mass is 385 g/mol. The molecule has 0 radical (unpaired) electrons. The van der Waals surface area contributed by atoms with Gasteiger partial charge in [0, 0.05) is 41.0 Å². The number of hydrogen-bond donors (Lipinski definition) is 1. The first kappa shape index (κ1) is 18.5. The minimum Gasteiger partial charge on any atom is -0.356 e. The Balaban J connectivity index is 1.35. The summed E-state index contributed by atoms with van der Waals surface area (Å²) in [5, 5.41) is 7.91. The molecule has 0 aliphatic carbocycles. The summed E-state index contributed by atoms with van der Waals surface area (Å²) in [6, 6.07) is 17.8. The predicted octanol–water partition coefficient (Wildman–Crippen LogP) is 4.37. The average Bonchev–Trinajstić information content (AvgIpc) is 3.19. The van der Waals surface area contributed by atoms with E-state index >= 15 is 0 Å². The number of aromatic nitrogens is 2. The molecule has 3 aromatic rings. The minimum absolute atomic E-state index is 0.0830. The largest absolute Gasteiger partial charge is 0.356 e. The molecule has 0 aliphatic heterocycles. The third-order valence-electron chi connectivity index (χ3n) is 3.85. The molecular weight excluding hydrogens is 366 g/mol. The zero-order chi connectivity index (χ0) is 18.2. The maximum atomic E-state index is 11.9. The van der Waals surface area contributed by atoms with Gasteiger partial charge in [0.1, 0.15) is 0 Å². The van der Waals surface area contributed by atoms with Crippen molar-refractivity contribution in [2.24, 2.45) is 0 Å².